The summed E-state index contributed by atoms with van der Waals surface area (Å²) in [5.74, 6) is -0.106. The molecule has 0 bridgehead atoms. The number of nitrogens with zero attached hydrogens (tertiary/aromatic N) is 2. The summed E-state index contributed by atoms with van der Waals surface area (Å²) in [5, 5.41) is 3.02. The van der Waals surface area contributed by atoms with Gasteiger partial charge in [0.2, 0.25) is 15.9 Å². The van der Waals surface area contributed by atoms with Crippen LogP contribution in [0.1, 0.15) is 0 Å². The standard InChI is InChI=1S/C24H26ClN3O7S2/c1-27(36(4,30)31)20-7-5-6-18(14-20)26-24(29)16-28(19-10-8-17(25)9-11-19)37(32,33)21-12-13-22(34-2)23(15-21)35-3/h5-15H,16H2,1-4H3,(H,26,29). The molecule has 10 nitrogen and oxygen atoms in total. The molecule has 0 heterocycles. The third-order valence-corrected chi connectivity index (χ3v) is 8.56. The summed E-state index contributed by atoms with van der Waals surface area (Å²) < 4.78 is 63.5. The first-order valence-corrected chi connectivity index (χ1v) is 14.4. The van der Waals surface area contributed by atoms with Crippen molar-refractivity contribution in [2.24, 2.45) is 0 Å². The minimum absolute atomic E-state index is 0.121. The van der Waals surface area contributed by atoms with E-state index in [4.69, 9.17) is 21.1 Å². The molecule has 0 aliphatic rings. The summed E-state index contributed by atoms with van der Waals surface area (Å²) in [6, 6.07) is 16.3. The van der Waals surface area contributed by atoms with E-state index < -0.39 is 32.5 Å². The van der Waals surface area contributed by atoms with E-state index in [0.29, 0.717) is 16.5 Å². The maximum Gasteiger partial charge on any atom is 0.264 e. The van der Waals surface area contributed by atoms with Gasteiger partial charge in [-0.25, -0.2) is 16.8 Å². The Morgan fingerprint density at radius 1 is 0.892 bits per heavy atom. The Bertz CT molecular complexity index is 1490. The summed E-state index contributed by atoms with van der Waals surface area (Å²) in [5.41, 5.74) is 0.824. The number of halogens is 1. The van der Waals surface area contributed by atoms with Gasteiger partial charge in [-0.05, 0) is 54.6 Å². The fraction of sp³-hybridized carbons (Fsp3) is 0.208. The van der Waals surface area contributed by atoms with Crippen molar-refractivity contribution in [2.75, 3.05) is 48.0 Å². The zero-order valence-corrected chi connectivity index (χ0v) is 22.9. The van der Waals surface area contributed by atoms with Gasteiger partial charge in [0.15, 0.2) is 11.5 Å². The van der Waals surface area contributed by atoms with E-state index in [-0.39, 0.29) is 22.0 Å². The third kappa shape index (κ3) is 6.64. The van der Waals surface area contributed by atoms with Gasteiger partial charge in [-0.2, -0.15) is 0 Å². The van der Waals surface area contributed by atoms with Crippen LogP contribution < -0.4 is 23.4 Å². The van der Waals surface area contributed by atoms with Gasteiger partial charge in [0, 0.05) is 23.8 Å². The van der Waals surface area contributed by atoms with Crippen LogP contribution in [0.5, 0.6) is 11.5 Å². The molecule has 13 heteroatoms. The van der Waals surface area contributed by atoms with E-state index in [1.165, 1.54) is 69.8 Å². The fourth-order valence-corrected chi connectivity index (χ4v) is 5.39. The zero-order chi connectivity index (χ0) is 27.4. The second kappa shape index (κ2) is 11.3. The van der Waals surface area contributed by atoms with Crippen LogP contribution in [0.3, 0.4) is 0 Å². The van der Waals surface area contributed by atoms with Crippen LogP contribution in [-0.2, 0) is 24.8 Å². The molecule has 0 saturated carbocycles. The smallest absolute Gasteiger partial charge is 0.264 e. The third-order valence-electron chi connectivity index (χ3n) is 5.34. The highest BCUT2D eigenvalue weighted by Crippen LogP contribution is 2.32. The first-order valence-electron chi connectivity index (χ1n) is 10.7. The van der Waals surface area contributed by atoms with Crippen molar-refractivity contribution in [3.8, 4) is 11.5 Å². The molecule has 0 radical (unpaired) electrons. The van der Waals surface area contributed by atoms with Gasteiger partial charge in [-0.3, -0.25) is 13.4 Å². The number of sulfonamides is 2. The molecule has 0 atom stereocenters. The first-order chi connectivity index (χ1) is 17.4. The second-order valence-electron chi connectivity index (χ2n) is 7.83. The Morgan fingerprint density at radius 2 is 1.54 bits per heavy atom. The molecule has 0 aromatic heterocycles. The van der Waals surface area contributed by atoms with Crippen molar-refractivity contribution in [1.82, 2.24) is 0 Å². The number of rotatable bonds is 10. The molecule has 1 amide bonds. The summed E-state index contributed by atoms with van der Waals surface area (Å²) >= 11 is 5.98. The van der Waals surface area contributed by atoms with E-state index in [1.807, 2.05) is 0 Å². The molecule has 3 aromatic rings. The van der Waals surface area contributed by atoms with Crippen LogP contribution >= 0.6 is 11.6 Å². The molecule has 198 valence electrons. The van der Waals surface area contributed by atoms with Gasteiger partial charge in [-0.1, -0.05) is 17.7 Å². The predicted octanol–water partition coefficient (Wildman–Crippen LogP) is 3.59. The Kier molecular flexibility index (Phi) is 8.57. The molecule has 0 unspecified atom stereocenters. The van der Waals surface area contributed by atoms with Crippen LogP contribution in [-0.4, -0.2) is 56.8 Å². The molecule has 0 spiro atoms. The van der Waals surface area contributed by atoms with Crippen LogP contribution in [0, 0.1) is 0 Å². The zero-order valence-electron chi connectivity index (χ0n) is 20.5. The van der Waals surface area contributed by atoms with Gasteiger partial charge in [0.05, 0.1) is 36.7 Å². The topological polar surface area (TPSA) is 122 Å². The van der Waals surface area contributed by atoms with Gasteiger partial charge in [0.25, 0.3) is 10.0 Å². The first kappa shape index (κ1) is 28.1. The number of hydrogen-bond acceptors (Lipinski definition) is 7. The number of amides is 1. The lowest BCUT2D eigenvalue weighted by atomic mass is 10.2. The highest BCUT2D eigenvalue weighted by Gasteiger charge is 2.28. The lowest BCUT2D eigenvalue weighted by Gasteiger charge is -2.25. The van der Waals surface area contributed by atoms with Gasteiger partial charge >= 0.3 is 0 Å². The molecule has 0 aliphatic heterocycles. The largest absolute Gasteiger partial charge is 0.493 e. The molecule has 3 aromatic carbocycles. The van der Waals surface area contributed by atoms with E-state index in [2.05, 4.69) is 5.32 Å². The molecule has 0 saturated heterocycles. The summed E-state index contributed by atoms with van der Waals surface area (Å²) in [7, 11) is -3.57. The Hall–Kier alpha value is -3.48. The summed E-state index contributed by atoms with van der Waals surface area (Å²) in [4.78, 5) is 12.9. The van der Waals surface area contributed by atoms with E-state index in [1.54, 1.807) is 18.2 Å². The lowest BCUT2D eigenvalue weighted by molar-refractivity contribution is -0.114. The van der Waals surface area contributed by atoms with Crippen molar-refractivity contribution in [3.05, 3.63) is 71.8 Å². The number of carbonyl (C=O) groups is 1. The van der Waals surface area contributed by atoms with Crippen LogP contribution in [0.4, 0.5) is 17.1 Å². The predicted molar refractivity (Wildman–Crippen MR) is 144 cm³/mol. The number of methoxy groups -OCH3 is 2. The van der Waals surface area contributed by atoms with Crippen molar-refractivity contribution >= 4 is 54.6 Å². The van der Waals surface area contributed by atoms with Gasteiger partial charge in [-0.15, -0.1) is 0 Å². The number of nitrogens with one attached hydrogen (secondary N) is 1. The molecule has 0 aliphatic carbocycles. The Balaban J connectivity index is 1.96. The van der Waals surface area contributed by atoms with Crippen molar-refractivity contribution in [1.29, 1.82) is 0 Å². The fourth-order valence-electron chi connectivity index (χ4n) is 3.33. The van der Waals surface area contributed by atoms with Crippen molar-refractivity contribution in [3.63, 3.8) is 0 Å². The van der Waals surface area contributed by atoms with Crippen molar-refractivity contribution < 1.29 is 31.1 Å². The number of anilines is 3. The number of carbonyl (C=O) groups excluding carboxylic acids is 1. The second-order valence-corrected chi connectivity index (χ2v) is 12.1. The van der Waals surface area contributed by atoms with E-state index in [0.717, 1.165) is 14.9 Å². The summed E-state index contributed by atoms with van der Waals surface area (Å²) in [6.45, 7) is -0.579. The highest BCUT2D eigenvalue weighted by molar-refractivity contribution is 7.93. The average molecular weight is 568 g/mol. The molecular weight excluding hydrogens is 542 g/mol. The maximum atomic E-state index is 13.7. The monoisotopic (exact) mass is 567 g/mol. The van der Waals surface area contributed by atoms with Crippen LogP contribution in [0.25, 0.3) is 0 Å². The lowest BCUT2D eigenvalue weighted by Crippen LogP contribution is -2.38. The molecular formula is C24H26ClN3O7S2. The normalized spacial score (nSPS) is 11.5. The minimum atomic E-state index is -4.25. The maximum absolute atomic E-state index is 13.7. The van der Waals surface area contributed by atoms with Crippen LogP contribution in [0.15, 0.2) is 71.6 Å². The minimum Gasteiger partial charge on any atom is -0.493 e. The number of hydrogen-bond donors (Lipinski definition) is 1. The number of benzene rings is 3. The highest BCUT2D eigenvalue weighted by atomic mass is 35.5. The Morgan fingerprint density at radius 3 is 2.14 bits per heavy atom. The molecule has 0 fully saturated rings. The molecule has 3 rings (SSSR count). The van der Waals surface area contributed by atoms with Gasteiger partial charge in [0.1, 0.15) is 6.54 Å². The van der Waals surface area contributed by atoms with E-state index >= 15 is 0 Å². The molecule has 37 heavy (non-hydrogen) atoms. The Labute approximate surface area is 221 Å². The quantitative estimate of drug-likeness (QED) is 0.397. The van der Waals surface area contributed by atoms with Crippen molar-refractivity contribution in [2.45, 2.75) is 4.90 Å². The molecule has 1 N–H and O–H groups in total. The van der Waals surface area contributed by atoms with Gasteiger partial charge < -0.3 is 14.8 Å². The van der Waals surface area contributed by atoms with E-state index in [9.17, 15) is 21.6 Å². The number of ether oxygens (including phenoxy) is 2. The summed E-state index contributed by atoms with van der Waals surface area (Å²) in [6.07, 6.45) is 1.06. The van der Waals surface area contributed by atoms with Crippen LogP contribution in [0.2, 0.25) is 5.02 Å². The SMILES string of the molecule is COc1ccc(S(=O)(=O)N(CC(=O)Nc2cccc(N(C)S(C)(=O)=O)c2)c2ccc(Cl)cc2)cc1OC. The average Bonchev–Trinajstić information content (AvgIpc) is 2.86.